The van der Waals surface area contributed by atoms with Crippen molar-refractivity contribution in [2.75, 3.05) is 6.54 Å². The molecule has 1 heterocycles. The Kier molecular flexibility index (Phi) is 5.07. The molecule has 0 radical (unpaired) electrons. The van der Waals surface area contributed by atoms with Gasteiger partial charge < -0.3 is 4.74 Å². The van der Waals surface area contributed by atoms with Gasteiger partial charge in [0, 0.05) is 6.04 Å². The average Bonchev–Trinajstić information content (AvgIpc) is 2.88. The van der Waals surface area contributed by atoms with Crippen LogP contribution in [-0.2, 0) is 10.3 Å². The summed E-state index contributed by atoms with van der Waals surface area (Å²) in [6.07, 6.45) is 1.22. The second-order valence-electron chi connectivity index (χ2n) is 7.16. The van der Waals surface area contributed by atoms with E-state index in [9.17, 15) is 0 Å². The van der Waals surface area contributed by atoms with Crippen LogP contribution in [0.5, 0.6) is 0 Å². The molecule has 0 spiro atoms. The molecule has 1 aliphatic rings. The molecule has 0 bridgehead atoms. The zero-order valence-electron chi connectivity index (χ0n) is 15.3. The molecule has 0 unspecified atom stereocenters. The molecular formula is C22H29NO. The van der Waals surface area contributed by atoms with Crippen LogP contribution in [0.4, 0.5) is 0 Å². The molecule has 2 heteroatoms. The smallest absolute Gasteiger partial charge is 0.136 e. The summed E-state index contributed by atoms with van der Waals surface area (Å²) in [6, 6.07) is 21.8. The van der Waals surface area contributed by atoms with E-state index in [1.165, 1.54) is 11.1 Å². The van der Waals surface area contributed by atoms with Crippen LogP contribution >= 0.6 is 0 Å². The Morgan fingerprint density at radius 2 is 1.46 bits per heavy atom. The lowest BCUT2D eigenvalue weighted by atomic mass is 9.77. The minimum atomic E-state index is -0.401. The molecule has 0 aliphatic carbocycles. The molecule has 2 aromatic rings. The number of benzene rings is 2. The van der Waals surface area contributed by atoms with Crippen LogP contribution in [-0.4, -0.2) is 23.7 Å². The SMILES string of the molecule is CCN1[C@H](C)OC(c2ccccc2)(c2ccccc2)[C@@H]1CC(C)C. The molecule has 0 N–H and O–H groups in total. The van der Waals surface area contributed by atoms with E-state index in [2.05, 4.69) is 93.3 Å². The first-order chi connectivity index (χ1) is 11.6. The van der Waals surface area contributed by atoms with E-state index in [-0.39, 0.29) is 6.23 Å². The van der Waals surface area contributed by atoms with E-state index in [1.807, 2.05) is 0 Å². The summed E-state index contributed by atoms with van der Waals surface area (Å²) in [5.74, 6) is 0.616. The first-order valence-electron chi connectivity index (χ1n) is 9.14. The van der Waals surface area contributed by atoms with Crippen LogP contribution in [0, 0.1) is 5.92 Å². The Morgan fingerprint density at radius 1 is 0.958 bits per heavy atom. The second kappa shape index (κ2) is 7.08. The third kappa shape index (κ3) is 2.89. The molecule has 128 valence electrons. The summed E-state index contributed by atoms with van der Waals surface area (Å²) < 4.78 is 6.76. The summed E-state index contributed by atoms with van der Waals surface area (Å²) >= 11 is 0. The van der Waals surface area contributed by atoms with Gasteiger partial charge in [-0.05, 0) is 36.9 Å². The lowest BCUT2D eigenvalue weighted by molar-refractivity contribution is -0.0306. The summed E-state index contributed by atoms with van der Waals surface area (Å²) in [6.45, 7) is 10.0. The fourth-order valence-corrected chi connectivity index (χ4v) is 4.19. The Labute approximate surface area is 146 Å². The van der Waals surface area contributed by atoms with Gasteiger partial charge in [-0.15, -0.1) is 0 Å². The van der Waals surface area contributed by atoms with Gasteiger partial charge >= 0.3 is 0 Å². The van der Waals surface area contributed by atoms with E-state index in [4.69, 9.17) is 4.74 Å². The van der Waals surface area contributed by atoms with Crippen molar-refractivity contribution in [3.63, 3.8) is 0 Å². The monoisotopic (exact) mass is 323 g/mol. The van der Waals surface area contributed by atoms with Gasteiger partial charge in [0.25, 0.3) is 0 Å². The van der Waals surface area contributed by atoms with Crippen molar-refractivity contribution in [3.05, 3.63) is 71.8 Å². The summed E-state index contributed by atoms with van der Waals surface area (Å²) in [5, 5.41) is 0. The van der Waals surface area contributed by atoms with Crippen molar-refractivity contribution in [2.45, 2.75) is 52.0 Å². The van der Waals surface area contributed by atoms with Crippen LogP contribution in [0.25, 0.3) is 0 Å². The Bertz CT molecular complexity index is 598. The standard InChI is InChI=1S/C22H29NO/c1-5-23-18(4)24-22(21(23)16-17(2)3,19-12-8-6-9-13-19)20-14-10-7-11-15-20/h6-15,17-18,21H,5,16H2,1-4H3/t18-,21-/m0/s1. The molecule has 2 aromatic carbocycles. The van der Waals surface area contributed by atoms with Gasteiger partial charge in [0.2, 0.25) is 0 Å². The number of hydrogen-bond donors (Lipinski definition) is 0. The maximum atomic E-state index is 6.76. The predicted molar refractivity (Wildman–Crippen MR) is 99.8 cm³/mol. The molecule has 1 saturated heterocycles. The van der Waals surface area contributed by atoms with Crippen LogP contribution in [0.15, 0.2) is 60.7 Å². The molecule has 24 heavy (non-hydrogen) atoms. The molecule has 1 aliphatic heterocycles. The quantitative estimate of drug-likeness (QED) is 0.764. The van der Waals surface area contributed by atoms with E-state index in [0.29, 0.717) is 12.0 Å². The zero-order chi connectivity index (χ0) is 17.2. The molecule has 0 aromatic heterocycles. The average molecular weight is 323 g/mol. The normalized spacial score (nSPS) is 23.7. The largest absolute Gasteiger partial charge is 0.346 e. The molecule has 0 saturated carbocycles. The van der Waals surface area contributed by atoms with Gasteiger partial charge in [-0.1, -0.05) is 81.4 Å². The zero-order valence-corrected chi connectivity index (χ0v) is 15.3. The van der Waals surface area contributed by atoms with Crippen LogP contribution < -0.4 is 0 Å². The number of nitrogens with zero attached hydrogens (tertiary/aromatic N) is 1. The van der Waals surface area contributed by atoms with Gasteiger partial charge in [-0.3, -0.25) is 4.90 Å². The first-order valence-corrected chi connectivity index (χ1v) is 9.14. The molecule has 0 amide bonds. The summed E-state index contributed by atoms with van der Waals surface area (Å²) in [7, 11) is 0. The van der Waals surface area contributed by atoms with E-state index < -0.39 is 5.60 Å². The second-order valence-corrected chi connectivity index (χ2v) is 7.16. The number of ether oxygens (including phenoxy) is 1. The minimum Gasteiger partial charge on any atom is -0.346 e. The molecule has 1 fully saturated rings. The van der Waals surface area contributed by atoms with Gasteiger partial charge in [-0.25, -0.2) is 0 Å². The third-order valence-corrected chi connectivity index (χ3v) is 5.16. The van der Waals surface area contributed by atoms with Crippen molar-refractivity contribution >= 4 is 0 Å². The summed E-state index contributed by atoms with van der Waals surface area (Å²) in [5.41, 5.74) is 2.11. The number of likely N-dealkylation sites (N-methyl/N-ethyl adjacent to an activating group) is 1. The molecular weight excluding hydrogens is 294 g/mol. The number of rotatable bonds is 5. The van der Waals surface area contributed by atoms with Crippen LogP contribution in [0.1, 0.15) is 45.2 Å². The fraction of sp³-hybridized carbons (Fsp3) is 0.455. The molecule has 3 rings (SSSR count). The van der Waals surface area contributed by atoms with E-state index >= 15 is 0 Å². The van der Waals surface area contributed by atoms with Crippen molar-refractivity contribution in [3.8, 4) is 0 Å². The van der Waals surface area contributed by atoms with Crippen LogP contribution in [0.2, 0.25) is 0 Å². The van der Waals surface area contributed by atoms with Gasteiger partial charge in [-0.2, -0.15) is 0 Å². The van der Waals surface area contributed by atoms with E-state index in [0.717, 1.165) is 13.0 Å². The topological polar surface area (TPSA) is 12.5 Å². The van der Waals surface area contributed by atoms with E-state index in [1.54, 1.807) is 0 Å². The van der Waals surface area contributed by atoms with Crippen molar-refractivity contribution in [2.24, 2.45) is 5.92 Å². The molecule has 2 atom stereocenters. The Balaban J connectivity index is 2.20. The van der Waals surface area contributed by atoms with Crippen molar-refractivity contribution < 1.29 is 4.74 Å². The first kappa shape index (κ1) is 17.2. The number of hydrogen-bond acceptors (Lipinski definition) is 2. The predicted octanol–water partition coefficient (Wildman–Crippen LogP) is 5.04. The third-order valence-electron chi connectivity index (χ3n) is 5.16. The van der Waals surface area contributed by atoms with Crippen LogP contribution in [0.3, 0.4) is 0 Å². The van der Waals surface area contributed by atoms with Crippen molar-refractivity contribution in [1.29, 1.82) is 0 Å². The van der Waals surface area contributed by atoms with Gasteiger partial charge in [0.05, 0.1) is 0 Å². The highest BCUT2D eigenvalue weighted by molar-refractivity contribution is 5.40. The fourth-order valence-electron chi connectivity index (χ4n) is 4.19. The summed E-state index contributed by atoms with van der Waals surface area (Å²) in [4.78, 5) is 2.51. The maximum Gasteiger partial charge on any atom is 0.136 e. The highest BCUT2D eigenvalue weighted by Gasteiger charge is 2.53. The lowest BCUT2D eigenvalue weighted by Crippen LogP contribution is -2.45. The maximum absolute atomic E-state index is 6.76. The highest BCUT2D eigenvalue weighted by atomic mass is 16.5. The Hall–Kier alpha value is -1.64. The van der Waals surface area contributed by atoms with Crippen molar-refractivity contribution in [1.82, 2.24) is 4.90 Å². The lowest BCUT2D eigenvalue weighted by Gasteiger charge is -2.38. The highest BCUT2D eigenvalue weighted by Crippen LogP contribution is 2.47. The minimum absolute atomic E-state index is 0.110. The Morgan fingerprint density at radius 3 is 1.88 bits per heavy atom. The molecule has 2 nitrogen and oxygen atoms in total. The van der Waals surface area contributed by atoms with Gasteiger partial charge in [0.1, 0.15) is 11.8 Å². The van der Waals surface area contributed by atoms with Gasteiger partial charge in [0.15, 0.2) is 0 Å².